The van der Waals surface area contributed by atoms with E-state index >= 15 is 0 Å². The van der Waals surface area contributed by atoms with Gasteiger partial charge in [0.15, 0.2) is 0 Å². The zero-order chi connectivity index (χ0) is 11.5. The molecule has 0 saturated carbocycles. The van der Waals surface area contributed by atoms with Crippen LogP contribution in [-0.2, 0) is 0 Å². The minimum Gasteiger partial charge on any atom is -0.388 e. The van der Waals surface area contributed by atoms with Gasteiger partial charge in [-0.3, -0.25) is 4.98 Å². The summed E-state index contributed by atoms with van der Waals surface area (Å²) >= 11 is 0. The minimum absolute atomic E-state index is 0.448. The van der Waals surface area contributed by atoms with Crippen LogP contribution in [0.15, 0.2) is 24.8 Å². The van der Waals surface area contributed by atoms with E-state index in [1.165, 1.54) is 0 Å². The molecule has 16 heavy (non-hydrogen) atoms. The van der Waals surface area contributed by atoms with Crippen LogP contribution >= 0.6 is 0 Å². The zero-order valence-electron chi connectivity index (χ0n) is 9.67. The molecule has 4 nitrogen and oxygen atoms in total. The van der Waals surface area contributed by atoms with Crippen molar-refractivity contribution in [1.82, 2.24) is 14.6 Å². The van der Waals surface area contributed by atoms with Crippen molar-refractivity contribution in [2.75, 3.05) is 0 Å². The summed E-state index contributed by atoms with van der Waals surface area (Å²) in [6, 6.07) is 0. The highest BCUT2D eigenvalue weighted by Gasteiger charge is 2.15. The third kappa shape index (κ3) is 2.07. The van der Waals surface area contributed by atoms with Gasteiger partial charge in [0, 0.05) is 18.0 Å². The fourth-order valence-corrected chi connectivity index (χ4v) is 1.78. The summed E-state index contributed by atoms with van der Waals surface area (Å²) in [4.78, 5) is 4.06. The van der Waals surface area contributed by atoms with Crippen LogP contribution in [0.5, 0.6) is 0 Å². The Labute approximate surface area is 94.9 Å². The molecule has 0 fully saturated rings. The second-order valence-electron chi connectivity index (χ2n) is 4.27. The summed E-state index contributed by atoms with van der Waals surface area (Å²) in [6.45, 7) is 4.28. The van der Waals surface area contributed by atoms with Crippen molar-refractivity contribution in [3.05, 3.63) is 30.4 Å². The predicted molar refractivity (Wildman–Crippen MR) is 62.0 cm³/mol. The van der Waals surface area contributed by atoms with Gasteiger partial charge in [-0.1, -0.05) is 20.3 Å². The summed E-state index contributed by atoms with van der Waals surface area (Å²) in [7, 11) is 0. The van der Waals surface area contributed by atoms with Gasteiger partial charge >= 0.3 is 0 Å². The van der Waals surface area contributed by atoms with E-state index in [-0.39, 0.29) is 0 Å². The van der Waals surface area contributed by atoms with Crippen LogP contribution < -0.4 is 0 Å². The fourth-order valence-electron chi connectivity index (χ4n) is 1.78. The van der Waals surface area contributed by atoms with Crippen LogP contribution in [0.4, 0.5) is 0 Å². The lowest BCUT2D eigenvalue weighted by atomic mass is 9.97. The lowest BCUT2D eigenvalue weighted by Crippen LogP contribution is -2.03. The molecule has 2 aromatic rings. The molecule has 2 aromatic heterocycles. The monoisotopic (exact) mass is 219 g/mol. The molecule has 2 unspecified atom stereocenters. The first kappa shape index (κ1) is 11.1. The van der Waals surface area contributed by atoms with E-state index in [1.54, 1.807) is 29.3 Å². The third-order valence-electron chi connectivity index (χ3n) is 3.04. The molecule has 0 aliphatic carbocycles. The van der Waals surface area contributed by atoms with Gasteiger partial charge in [0.1, 0.15) is 0 Å². The molecular weight excluding hydrogens is 202 g/mol. The van der Waals surface area contributed by atoms with Crippen molar-refractivity contribution in [2.24, 2.45) is 5.92 Å². The number of fused-ring (bicyclic) bond motifs is 1. The molecule has 0 saturated heterocycles. The standard InChI is InChI=1S/C12H17N3O/c1-3-9(2)6-12(16)10-7-14-15-5-4-13-8-11(10)15/h4-5,7-9,12,16H,3,6H2,1-2H3. The van der Waals surface area contributed by atoms with Gasteiger partial charge < -0.3 is 5.11 Å². The van der Waals surface area contributed by atoms with Crippen molar-refractivity contribution in [2.45, 2.75) is 32.8 Å². The number of aliphatic hydroxyl groups is 1. The number of rotatable bonds is 4. The van der Waals surface area contributed by atoms with Crippen LogP contribution in [0.1, 0.15) is 38.4 Å². The minimum atomic E-state index is -0.448. The molecule has 0 amide bonds. The largest absolute Gasteiger partial charge is 0.388 e. The summed E-state index contributed by atoms with van der Waals surface area (Å²) in [6.07, 6.45) is 8.34. The average molecular weight is 219 g/mol. The first-order valence-corrected chi connectivity index (χ1v) is 5.67. The van der Waals surface area contributed by atoms with Gasteiger partial charge in [0.2, 0.25) is 0 Å². The van der Waals surface area contributed by atoms with Gasteiger partial charge in [0.05, 0.1) is 24.0 Å². The van der Waals surface area contributed by atoms with Crippen LogP contribution in [0, 0.1) is 5.92 Å². The van der Waals surface area contributed by atoms with E-state index < -0.39 is 6.10 Å². The third-order valence-corrected chi connectivity index (χ3v) is 3.04. The van der Waals surface area contributed by atoms with Gasteiger partial charge in [0.25, 0.3) is 0 Å². The van der Waals surface area contributed by atoms with E-state index in [9.17, 15) is 5.11 Å². The fraction of sp³-hybridized carbons (Fsp3) is 0.500. The summed E-state index contributed by atoms with van der Waals surface area (Å²) in [5.74, 6) is 0.515. The van der Waals surface area contributed by atoms with E-state index in [1.807, 2.05) is 0 Å². The molecule has 86 valence electrons. The summed E-state index contributed by atoms with van der Waals surface area (Å²) in [5.41, 5.74) is 1.76. The topological polar surface area (TPSA) is 50.4 Å². The number of nitrogens with zero attached hydrogens (tertiary/aromatic N) is 3. The SMILES string of the molecule is CCC(C)CC(O)c1cnn2ccncc12. The second kappa shape index (κ2) is 4.61. The Balaban J connectivity index is 2.26. The molecule has 0 spiro atoms. The van der Waals surface area contributed by atoms with Crippen LogP contribution in [-0.4, -0.2) is 19.7 Å². The molecular formula is C12H17N3O. The van der Waals surface area contributed by atoms with Gasteiger partial charge in [-0.25, -0.2) is 4.52 Å². The van der Waals surface area contributed by atoms with Crippen LogP contribution in [0.25, 0.3) is 5.52 Å². The molecule has 2 rings (SSSR count). The summed E-state index contributed by atoms with van der Waals surface area (Å²) in [5, 5.41) is 14.3. The van der Waals surface area contributed by atoms with E-state index in [0.29, 0.717) is 5.92 Å². The maximum absolute atomic E-state index is 10.1. The van der Waals surface area contributed by atoms with Crippen molar-refractivity contribution in [3.8, 4) is 0 Å². The van der Waals surface area contributed by atoms with Crippen molar-refractivity contribution >= 4 is 5.52 Å². The predicted octanol–water partition coefficient (Wildman–Crippen LogP) is 2.20. The van der Waals surface area contributed by atoms with E-state index in [0.717, 1.165) is 23.9 Å². The van der Waals surface area contributed by atoms with Crippen molar-refractivity contribution in [1.29, 1.82) is 0 Å². The first-order valence-electron chi connectivity index (χ1n) is 5.67. The highest BCUT2D eigenvalue weighted by atomic mass is 16.3. The summed E-state index contributed by atoms with van der Waals surface area (Å²) < 4.78 is 1.74. The van der Waals surface area contributed by atoms with Crippen LogP contribution in [0.3, 0.4) is 0 Å². The van der Waals surface area contributed by atoms with Gasteiger partial charge in [-0.05, 0) is 12.3 Å². The lowest BCUT2D eigenvalue weighted by Gasteiger charge is -2.13. The number of hydrogen-bond donors (Lipinski definition) is 1. The number of aromatic nitrogens is 3. The molecule has 1 N–H and O–H groups in total. The van der Waals surface area contributed by atoms with Crippen molar-refractivity contribution < 1.29 is 5.11 Å². The highest BCUT2D eigenvalue weighted by molar-refractivity contribution is 5.52. The van der Waals surface area contributed by atoms with Crippen molar-refractivity contribution in [3.63, 3.8) is 0 Å². The van der Waals surface area contributed by atoms with Gasteiger partial charge in [-0.15, -0.1) is 0 Å². The maximum Gasteiger partial charge on any atom is 0.0902 e. The zero-order valence-corrected chi connectivity index (χ0v) is 9.67. The molecule has 4 heteroatoms. The molecule has 0 aromatic carbocycles. The molecule has 0 radical (unpaired) electrons. The Hall–Kier alpha value is -1.42. The Morgan fingerprint density at radius 1 is 1.44 bits per heavy atom. The quantitative estimate of drug-likeness (QED) is 0.857. The Bertz CT molecular complexity index is 466. The average Bonchev–Trinajstić information content (AvgIpc) is 2.72. The molecule has 0 aliphatic rings. The molecule has 2 atom stereocenters. The lowest BCUT2D eigenvalue weighted by molar-refractivity contribution is 0.148. The second-order valence-corrected chi connectivity index (χ2v) is 4.27. The Morgan fingerprint density at radius 3 is 3.00 bits per heavy atom. The normalized spacial score (nSPS) is 15.2. The molecule has 2 heterocycles. The number of aliphatic hydroxyl groups excluding tert-OH is 1. The maximum atomic E-state index is 10.1. The van der Waals surface area contributed by atoms with Gasteiger partial charge in [-0.2, -0.15) is 5.10 Å². The van der Waals surface area contributed by atoms with E-state index in [4.69, 9.17) is 0 Å². The van der Waals surface area contributed by atoms with Crippen LogP contribution in [0.2, 0.25) is 0 Å². The van der Waals surface area contributed by atoms with E-state index in [2.05, 4.69) is 23.9 Å². The Morgan fingerprint density at radius 2 is 2.25 bits per heavy atom. The molecule has 0 aliphatic heterocycles. The smallest absolute Gasteiger partial charge is 0.0902 e. The first-order chi connectivity index (χ1) is 7.72. The number of hydrogen-bond acceptors (Lipinski definition) is 3. The Kier molecular flexibility index (Phi) is 3.19. The molecule has 0 bridgehead atoms. The highest BCUT2D eigenvalue weighted by Crippen LogP contribution is 2.25.